The smallest absolute Gasteiger partial charge is 0.135 e. The van der Waals surface area contributed by atoms with Gasteiger partial charge >= 0.3 is 0 Å². The second-order valence-corrected chi connectivity index (χ2v) is 6.23. The summed E-state index contributed by atoms with van der Waals surface area (Å²) in [4.78, 5) is 4.49. The van der Waals surface area contributed by atoms with E-state index in [1.807, 2.05) is 24.4 Å². The maximum absolute atomic E-state index is 12.9. The van der Waals surface area contributed by atoms with Crippen LogP contribution in [0.4, 0.5) is 4.39 Å². The zero-order chi connectivity index (χ0) is 17.1. The average Bonchev–Trinajstić information content (AvgIpc) is 3.07. The number of hydrogen-bond donors (Lipinski definition) is 1. The molecule has 3 aromatic rings. The Bertz CT molecular complexity index is 830. The fourth-order valence-corrected chi connectivity index (χ4v) is 3.12. The van der Waals surface area contributed by atoms with Crippen molar-refractivity contribution in [3.05, 3.63) is 78.0 Å². The fraction of sp³-hybridized carbons (Fsp3) is 0.250. The minimum atomic E-state index is -0.208. The number of hydrogen-bond acceptors (Lipinski definition) is 3. The summed E-state index contributed by atoms with van der Waals surface area (Å²) in [7, 11) is 0. The molecule has 1 unspecified atom stereocenters. The largest absolute Gasteiger partial charge is 0.367 e. The molecule has 2 aromatic carbocycles. The highest BCUT2D eigenvalue weighted by atomic mass is 19.1. The van der Waals surface area contributed by atoms with Crippen LogP contribution in [0.5, 0.6) is 0 Å². The molecular weight excluding hydrogens is 317 g/mol. The third kappa shape index (κ3) is 3.62. The van der Waals surface area contributed by atoms with Crippen molar-refractivity contribution in [3.8, 4) is 11.3 Å². The van der Waals surface area contributed by atoms with Gasteiger partial charge in [0.2, 0.25) is 0 Å². The van der Waals surface area contributed by atoms with Crippen LogP contribution in [0.3, 0.4) is 0 Å². The van der Waals surface area contributed by atoms with Crippen LogP contribution in [-0.4, -0.2) is 22.2 Å². The molecule has 1 atom stereocenters. The molecule has 1 aliphatic heterocycles. The van der Waals surface area contributed by atoms with Gasteiger partial charge in [-0.15, -0.1) is 0 Å². The number of fused-ring (bicyclic) bond motifs is 1. The molecule has 0 fully saturated rings. The topological polar surface area (TPSA) is 39.1 Å². The van der Waals surface area contributed by atoms with E-state index in [-0.39, 0.29) is 11.9 Å². The summed E-state index contributed by atoms with van der Waals surface area (Å²) in [5.41, 5.74) is 3.36. The van der Waals surface area contributed by atoms with E-state index < -0.39 is 0 Å². The van der Waals surface area contributed by atoms with Crippen molar-refractivity contribution in [1.82, 2.24) is 14.9 Å². The standard InChI is InChI=1S/C20H20FN3O/c21-17-8-6-15(7-9-17)10-22-11-18-13-24-19(12-23-20(24)14-25-18)16-4-2-1-3-5-16/h1-9,12,18,22H,10-11,13-14H2. The van der Waals surface area contributed by atoms with Gasteiger partial charge in [-0.3, -0.25) is 0 Å². The van der Waals surface area contributed by atoms with Gasteiger partial charge in [0, 0.05) is 13.1 Å². The normalized spacial score (nSPS) is 16.6. The lowest BCUT2D eigenvalue weighted by atomic mass is 10.1. The number of benzene rings is 2. The van der Waals surface area contributed by atoms with E-state index in [2.05, 4.69) is 27.0 Å². The van der Waals surface area contributed by atoms with E-state index >= 15 is 0 Å². The summed E-state index contributed by atoms with van der Waals surface area (Å²) in [6, 6.07) is 16.9. The van der Waals surface area contributed by atoms with E-state index in [0.29, 0.717) is 13.2 Å². The van der Waals surface area contributed by atoms with E-state index in [1.165, 1.54) is 17.7 Å². The van der Waals surface area contributed by atoms with Crippen LogP contribution in [0.1, 0.15) is 11.4 Å². The van der Waals surface area contributed by atoms with Crippen LogP contribution in [0.25, 0.3) is 11.3 Å². The van der Waals surface area contributed by atoms with Crippen molar-refractivity contribution in [2.75, 3.05) is 6.54 Å². The van der Waals surface area contributed by atoms with Gasteiger partial charge < -0.3 is 14.6 Å². The molecule has 1 N–H and O–H groups in total. The molecule has 128 valence electrons. The van der Waals surface area contributed by atoms with Gasteiger partial charge in [0.15, 0.2) is 0 Å². The molecule has 2 heterocycles. The minimum absolute atomic E-state index is 0.0876. The van der Waals surface area contributed by atoms with Gasteiger partial charge in [-0.25, -0.2) is 9.37 Å². The summed E-state index contributed by atoms with van der Waals surface area (Å²) in [5.74, 6) is 0.758. The number of imidazole rings is 1. The Morgan fingerprint density at radius 1 is 1.12 bits per heavy atom. The van der Waals surface area contributed by atoms with Crippen molar-refractivity contribution in [3.63, 3.8) is 0 Å². The van der Waals surface area contributed by atoms with Crippen LogP contribution in [-0.2, 0) is 24.4 Å². The third-order valence-electron chi connectivity index (χ3n) is 4.46. The fourth-order valence-electron chi connectivity index (χ4n) is 3.12. The number of nitrogens with one attached hydrogen (secondary N) is 1. The molecule has 4 rings (SSSR count). The highest BCUT2D eigenvalue weighted by molar-refractivity contribution is 5.59. The SMILES string of the molecule is Fc1ccc(CNCC2Cn3c(-c4ccccc4)cnc3CO2)cc1. The first kappa shape index (κ1) is 16.0. The molecule has 25 heavy (non-hydrogen) atoms. The number of rotatable bonds is 5. The van der Waals surface area contributed by atoms with Crippen LogP contribution in [0, 0.1) is 5.82 Å². The molecule has 0 amide bonds. The zero-order valence-corrected chi connectivity index (χ0v) is 13.9. The second-order valence-electron chi connectivity index (χ2n) is 6.23. The van der Waals surface area contributed by atoms with Crippen LogP contribution >= 0.6 is 0 Å². The van der Waals surface area contributed by atoms with Crippen LogP contribution in [0.2, 0.25) is 0 Å². The van der Waals surface area contributed by atoms with Crippen molar-refractivity contribution >= 4 is 0 Å². The Morgan fingerprint density at radius 2 is 1.92 bits per heavy atom. The first-order valence-electron chi connectivity index (χ1n) is 8.46. The van der Waals surface area contributed by atoms with Crippen LogP contribution < -0.4 is 5.32 Å². The molecule has 4 nitrogen and oxygen atoms in total. The Hall–Kier alpha value is -2.50. The van der Waals surface area contributed by atoms with Gasteiger partial charge in [-0.1, -0.05) is 42.5 Å². The molecule has 0 saturated carbocycles. The molecule has 0 aliphatic carbocycles. The summed E-state index contributed by atoms with van der Waals surface area (Å²) in [6.45, 7) is 2.73. The van der Waals surface area contributed by atoms with Crippen molar-refractivity contribution in [1.29, 1.82) is 0 Å². The van der Waals surface area contributed by atoms with Gasteiger partial charge in [-0.2, -0.15) is 0 Å². The minimum Gasteiger partial charge on any atom is -0.367 e. The average molecular weight is 337 g/mol. The van der Waals surface area contributed by atoms with E-state index in [4.69, 9.17) is 4.74 Å². The lowest BCUT2D eigenvalue weighted by Gasteiger charge is -2.26. The molecule has 1 aromatic heterocycles. The van der Waals surface area contributed by atoms with Gasteiger partial charge in [0.05, 0.1) is 24.5 Å². The van der Waals surface area contributed by atoms with E-state index in [9.17, 15) is 4.39 Å². The van der Waals surface area contributed by atoms with Crippen LogP contribution in [0.15, 0.2) is 60.8 Å². The maximum Gasteiger partial charge on any atom is 0.135 e. The third-order valence-corrected chi connectivity index (χ3v) is 4.46. The number of halogens is 1. The van der Waals surface area contributed by atoms with Crippen molar-refractivity contribution in [2.45, 2.75) is 25.8 Å². The Labute approximate surface area is 146 Å². The molecule has 5 heteroatoms. The molecule has 0 saturated heterocycles. The Kier molecular flexibility index (Phi) is 4.59. The van der Waals surface area contributed by atoms with Gasteiger partial charge in [0.1, 0.15) is 18.2 Å². The zero-order valence-electron chi connectivity index (χ0n) is 13.9. The lowest BCUT2D eigenvalue weighted by Crippen LogP contribution is -2.36. The van der Waals surface area contributed by atoms with Gasteiger partial charge in [0.25, 0.3) is 0 Å². The number of nitrogens with zero attached hydrogens (tertiary/aromatic N) is 2. The summed E-state index contributed by atoms with van der Waals surface area (Å²) in [6.07, 6.45) is 2.01. The van der Waals surface area contributed by atoms with Crippen molar-refractivity contribution in [2.24, 2.45) is 0 Å². The predicted molar refractivity (Wildman–Crippen MR) is 94.3 cm³/mol. The number of aromatic nitrogens is 2. The Balaban J connectivity index is 1.39. The quantitative estimate of drug-likeness (QED) is 0.776. The van der Waals surface area contributed by atoms with Crippen molar-refractivity contribution < 1.29 is 9.13 Å². The molecular formula is C20H20FN3O. The summed E-state index contributed by atoms with van der Waals surface area (Å²) < 4.78 is 21.1. The summed E-state index contributed by atoms with van der Waals surface area (Å²) in [5, 5.41) is 3.39. The maximum atomic E-state index is 12.9. The molecule has 1 aliphatic rings. The molecule has 0 radical (unpaired) electrons. The highest BCUT2D eigenvalue weighted by Gasteiger charge is 2.22. The summed E-state index contributed by atoms with van der Waals surface area (Å²) >= 11 is 0. The van der Waals surface area contributed by atoms with Gasteiger partial charge in [-0.05, 0) is 23.3 Å². The molecule has 0 spiro atoms. The first-order chi connectivity index (χ1) is 12.3. The predicted octanol–water partition coefficient (Wildman–Crippen LogP) is 3.38. The number of ether oxygens (including phenoxy) is 1. The first-order valence-corrected chi connectivity index (χ1v) is 8.46. The molecule has 0 bridgehead atoms. The monoisotopic (exact) mass is 337 g/mol. The highest BCUT2D eigenvalue weighted by Crippen LogP contribution is 2.24. The second kappa shape index (κ2) is 7.17. The lowest BCUT2D eigenvalue weighted by molar-refractivity contribution is 0.00326. The Morgan fingerprint density at radius 3 is 2.72 bits per heavy atom. The van der Waals surface area contributed by atoms with E-state index in [0.717, 1.165) is 30.2 Å². The van der Waals surface area contributed by atoms with E-state index in [1.54, 1.807) is 12.1 Å².